The molecule has 11 heavy (non-hydrogen) atoms. The van der Waals surface area contributed by atoms with Gasteiger partial charge >= 0.3 is 0 Å². The first kappa shape index (κ1) is 8.37. The van der Waals surface area contributed by atoms with Gasteiger partial charge in [-0.1, -0.05) is 0 Å². The van der Waals surface area contributed by atoms with Crippen LogP contribution in [-0.2, 0) is 0 Å². The lowest BCUT2D eigenvalue weighted by atomic mass is 10.5. The zero-order valence-electron chi connectivity index (χ0n) is 5.51. The lowest BCUT2D eigenvalue weighted by Crippen LogP contribution is -1.89. The number of thioether (sulfide) groups is 1. The van der Waals surface area contributed by atoms with Crippen LogP contribution in [0.4, 0.5) is 0 Å². The molecular formula is C6H5N3S2. The molecule has 1 atom stereocenters. The Morgan fingerprint density at radius 3 is 3.00 bits per heavy atom. The minimum absolute atomic E-state index is 0.200. The molecule has 0 bridgehead atoms. The number of thiol groups is 1. The second-order valence-electron chi connectivity index (χ2n) is 1.69. The van der Waals surface area contributed by atoms with Crippen molar-refractivity contribution in [2.75, 3.05) is 0 Å². The van der Waals surface area contributed by atoms with E-state index in [1.165, 1.54) is 0 Å². The van der Waals surface area contributed by atoms with Crippen LogP contribution in [0.5, 0.6) is 0 Å². The highest BCUT2D eigenvalue weighted by atomic mass is 32.2. The van der Waals surface area contributed by atoms with Crippen LogP contribution in [0.3, 0.4) is 0 Å². The first-order valence-corrected chi connectivity index (χ1v) is 4.23. The second-order valence-corrected chi connectivity index (χ2v) is 3.45. The van der Waals surface area contributed by atoms with E-state index in [1.54, 1.807) is 18.6 Å². The molecule has 0 aliphatic heterocycles. The summed E-state index contributed by atoms with van der Waals surface area (Å²) in [6.07, 6.45) is 4.76. The van der Waals surface area contributed by atoms with Gasteiger partial charge in [0, 0.05) is 12.4 Å². The van der Waals surface area contributed by atoms with Crippen molar-refractivity contribution >= 4 is 24.4 Å². The fraction of sp³-hybridized carbons (Fsp3) is 0.167. The van der Waals surface area contributed by atoms with Gasteiger partial charge in [-0.3, -0.25) is 9.97 Å². The summed E-state index contributed by atoms with van der Waals surface area (Å²) < 4.78 is -0.200. The van der Waals surface area contributed by atoms with Gasteiger partial charge in [-0.15, -0.1) is 0 Å². The number of hydrogen-bond acceptors (Lipinski definition) is 5. The van der Waals surface area contributed by atoms with Crippen molar-refractivity contribution in [2.45, 2.75) is 4.58 Å². The molecule has 0 amide bonds. The highest BCUT2D eigenvalue weighted by Crippen LogP contribution is 2.28. The van der Waals surface area contributed by atoms with Crippen LogP contribution in [0.25, 0.3) is 0 Å². The summed E-state index contributed by atoms with van der Waals surface area (Å²) in [5, 5.41) is 10.3. The summed E-state index contributed by atoms with van der Waals surface area (Å²) in [6, 6.07) is 0. The van der Waals surface area contributed by atoms with E-state index in [0.29, 0.717) is 5.69 Å². The van der Waals surface area contributed by atoms with Crippen LogP contribution in [0.2, 0.25) is 0 Å². The van der Waals surface area contributed by atoms with E-state index < -0.39 is 0 Å². The molecule has 0 radical (unpaired) electrons. The zero-order valence-corrected chi connectivity index (χ0v) is 7.22. The number of hydrogen-bond donors (Lipinski definition) is 1. The van der Waals surface area contributed by atoms with Gasteiger partial charge in [0.05, 0.1) is 11.9 Å². The summed E-state index contributed by atoms with van der Waals surface area (Å²) in [4.78, 5) is 7.84. The van der Waals surface area contributed by atoms with E-state index in [2.05, 4.69) is 22.6 Å². The fourth-order valence-corrected chi connectivity index (χ4v) is 1.17. The van der Waals surface area contributed by atoms with Gasteiger partial charge in [-0.25, -0.2) is 0 Å². The van der Waals surface area contributed by atoms with Gasteiger partial charge in [0.25, 0.3) is 0 Å². The minimum atomic E-state index is -0.200. The van der Waals surface area contributed by atoms with Crippen LogP contribution in [0.15, 0.2) is 18.6 Å². The van der Waals surface area contributed by atoms with E-state index in [4.69, 9.17) is 5.26 Å². The number of nitriles is 1. The second kappa shape index (κ2) is 4.21. The van der Waals surface area contributed by atoms with Gasteiger partial charge < -0.3 is 0 Å². The Balaban J connectivity index is 2.70. The number of nitrogens with zero attached hydrogens (tertiary/aromatic N) is 3. The molecule has 1 rings (SSSR count). The van der Waals surface area contributed by atoms with E-state index in [0.717, 1.165) is 11.8 Å². The summed E-state index contributed by atoms with van der Waals surface area (Å²) in [6.45, 7) is 0. The van der Waals surface area contributed by atoms with Gasteiger partial charge in [0.15, 0.2) is 0 Å². The van der Waals surface area contributed by atoms with Gasteiger partial charge in [0.2, 0.25) is 0 Å². The monoisotopic (exact) mass is 183 g/mol. The predicted octanol–water partition coefficient (Wildman–Crippen LogP) is 1.62. The molecule has 1 aromatic rings. The van der Waals surface area contributed by atoms with Crippen molar-refractivity contribution in [1.29, 1.82) is 5.26 Å². The smallest absolute Gasteiger partial charge is 0.134 e. The zero-order chi connectivity index (χ0) is 8.10. The number of aromatic nitrogens is 2. The van der Waals surface area contributed by atoms with Crippen molar-refractivity contribution in [1.82, 2.24) is 9.97 Å². The highest BCUT2D eigenvalue weighted by Gasteiger charge is 2.06. The fourth-order valence-electron chi connectivity index (χ4n) is 0.548. The van der Waals surface area contributed by atoms with Crippen molar-refractivity contribution < 1.29 is 0 Å². The van der Waals surface area contributed by atoms with E-state index in [9.17, 15) is 0 Å². The lowest BCUT2D eigenvalue weighted by Gasteiger charge is -2.01. The average Bonchev–Trinajstić information content (AvgIpc) is 2.07. The Kier molecular flexibility index (Phi) is 3.20. The van der Waals surface area contributed by atoms with Crippen molar-refractivity contribution in [2.24, 2.45) is 0 Å². The summed E-state index contributed by atoms with van der Waals surface area (Å²) in [5.74, 6) is 0. The maximum Gasteiger partial charge on any atom is 0.134 e. The molecule has 5 heteroatoms. The molecule has 0 saturated carbocycles. The Labute approximate surface area is 74.3 Å². The molecule has 0 aliphatic rings. The third-order valence-corrected chi connectivity index (χ3v) is 2.15. The molecule has 0 saturated heterocycles. The van der Waals surface area contributed by atoms with E-state index >= 15 is 0 Å². The third kappa shape index (κ3) is 2.41. The quantitative estimate of drug-likeness (QED) is 0.430. The summed E-state index contributed by atoms with van der Waals surface area (Å²) >= 11 is 5.19. The van der Waals surface area contributed by atoms with Crippen molar-refractivity contribution in [3.63, 3.8) is 0 Å². The topological polar surface area (TPSA) is 49.6 Å². The standard InChI is InChI=1S/C6H5N3S2/c7-4-11-6(10)5-3-8-1-2-9-5/h1-3,6,10H. The maximum atomic E-state index is 8.31. The molecule has 0 fully saturated rings. The van der Waals surface area contributed by atoms with Crippen LogP contribution < -0.4 is 0 Å². The lowest BCUT2D eigenvalue weighted by molar-refractivity contribution is 1.09. The van der Waals surface area contributed by atoms with Crippen molar-refractivity contribution in [3.05, 3.63) is 24.3 Å². The molecule has 0 N–H and O–H groups in total. The largest absolute Gasteiger partial charge is 0.261 e. The van der Waals surface area contributed by atoms with E-state index in [1.807, 2.05) is 5.40 Å². The molecule has 1 aromatic heterocycles. The molecule has 3 nitrogen and oxygen atoms in total. The van der Waals surface area contributed by atoms with Gasteiger partial charge in [-0.2, -0.15) is 17.9 Å². The van der Waals surface area contributed by atoms with Crippen LogP contribution in [-0.4, -0.2) is 9.97 Å². The predicted molar refractivity (Wildman–Crippen MR) is 47.0 cm³/mol. The van der Waals surface area contributed by atoms with E-state index in [-0.39, 0.29) is 4.58 Å². The Bertz CT molecular complexity index is 256. The molecule has 1 heterocycles. The van der Waals surface area contributed by atoms with Gasteiger partial charge in [-0.05, 0) is 11.8 Å². The molecular weight excluding hydrogens is 178 g/mol. The number of thiocyanates is 1. The minimum Gasteiger partial charge on any atom is -0.261 e. The average molecular weight is 183 g/mol. The molecule has 1 unspecified atom stereocenters. The molecule has 0 aromatic carbocycles. The van der Waals surface area contributed by atoms with Gasteiger partial charge in [0.1, 0.15) is 9.98 Å². The maximum absolute atomic E-state index is 8.31. The summed E-state index contributed by atoms with van der Waals surface area (Å²) in [5.41, 5.74) is 0.711. The third-order valence-electron chi connectivity index (χ3n) is 1.00. The number of rotatable bonds is 2. The normalized spacial score (nSPS) is 12.0. The first-order chi connectivity index (χ1) is 5.34. The van der Waals surface area contributed by atoms with Crippen molar-refractivity contribution in [3.8, 4) is 5.40 Å². The Morgan fingerprint density at radius 1 is 1.64 bits per heavy atom. The molecule has 0 aliphatic carbocycles. The Morgan fingerprint density at radius 2 is 2.45 bits per heavy atom. The SMILES string of the molecule is N#CSC(S)c1cnccn1. The van der Waals surface area contributed by atoms with Crippen LogP contribution >= 0.6 is 24.4 Å². The van der Waals surface area contributed by atoms with Crippen LogP contribution in [0.1, 0.15) is 10.3 Å². The molecule has 56 valence electrons. The molecule has 0 spiro atoms. The van der Waals surface area contributed by atoms with Crippen LogP contribution in [0, 0.1) is 10.7 Å². The Hall–Kier alpha value is -0.730. The summed E-state index contributed by atoms with van der Waals surface area (Å²) in [7, 11) is 0. The highest BCUT2D eigenvalue weighted by molar-refractivity contribution is 8.12. The first-order valence-electron chi connectivity index (χ1n) is 2.83.